The van der Waals surface area contributed by atoms with Crippen LogP contribution in [0.1, 0.15) is 29.6 Å². The SMILES string of the molecule is COCCCN(C)C(=O)C1CCCN1C(=O)c1cc(Cl)cc(Cl)c1. The fourth-order valence-electron chi connectivity index (χ4n) is 2.92. The van der Waals surface area contributed by atoms with Crippen LogP contribution in [0.25, 0.3) is 0 Å². The molecule has 1 atom stereocenters. The fraction of sp³-hybridized carbons (Fsp3) is 0.529. The molecule has 0 bridgehead atoms. The van der Waals surface area contributed by atoms with Crippen LogP contribution in [0, 0.1) is 0 Å². The Bertz CT molecular complexity index is 589. The lowest BCUT2D eigenvalue weighted by Crippen LogP contribution is -2.46. The molecule has 0 spiro atoms. The third-order valence-electron chi connectivity index (χ3n) is 4.13. The third kappa shape index (κ3) is 4.62. The van der Waals surface area contributed by atoms with E-state index in [0.29, 0.717) is 41.7 Å². The molecule has 1 heterocycles. The van der Waals surface area contributed by atoms with E-state index in [1.54, 1.807) is 42.2 Å². The highest BCUT2D eigenvalue weighted by molar-refractivity contribution is 6.35. The van der Waals surface area contributed by atoms with Crippen molar-refractivity contribution in [1.82, 2.24) is 9.80 Å². The second-order valence-electron chi connectivity index (χ2n) is 5.92. The Morgan fingerprint density at radius 3 is 2.58 bits per heavy atom. The van der Waals surface area contributed by atoms with Crippen LogP contribution in [0.2, 0.25) is 10.0 Å². The van der Waals surface area contributed by atoms with Crippen molar-refractivity contribution in [3.63, 3.8) is 0 Å². The lowest BCUT2D eigenvalue weighted by Gasteiger charge is -2.28. The van der Waals surface area contributed by atoms with E-state index >= 15 is 0 Å². The molecular weight excluding hydrogens is 351 g/mol. The van der Waals surface area contributed by atoms with Crippen molar-refractivity contribution >= 4 is 35.0 Å². The van der Waals surface area contributed by atoms with Gasteiger partial charge in [0.05, 0.1) is 0 Å². The molecule has 0 N–H and O–H groups in total. The summed E-state index contributed by atoms with van der Waals surface area (Å²) in [6.07, 6.45) is 2.25. The molecule has 0 saturated carbocycles. The molecule has 1 aromatic carbocycles. The molecule has 1 aromatic rings. The van der Waals surface area contributed by atoms with Gasteiger partial charge in [-0.3, -0.25) is 9.59 Å². The van der Waals surface area contributed by atoms with Crippen molar-refractivity contribution in [1.29, 1.82) is 0 Å². The first kappa shape index (κ1) is 19.0. The van der Waals surface area contributed by atoms with Gasteiger partial charge in [-0.25, -0.2) is 0 Å². The summed E-state index contributed by atoms with van der Waals surface area (Å²) in [6.45, 7) is 1.77. The molecule has 2 amide bonds. The van der Waals surface area contributed by atoms with Crippen molar-refractivity contribution in [2.75, 3.05) is 33.9 Å². The molecule has 132 valence electrons. The first-order valence-corrected chi connectivity index (χ1v) is 8.70. The lowest BCUT2D eigenvalue weighted by atomic mass is 10.1. The number of likely N-dealkylation sites (N-methyl/N-ethyl adjacent to an activating group) is 1. The van der Waals surface area contributed by atoms with Gasteiger partial charge >= 0.3 is 0 Å². The van der Waals surface area contributed by atoms with E-state index in [0.717, 1.165) is 12.8 Å². The van der Waals surface area contributed by atoms with Crippen molar-refractivity contribution < 1.29 is 14.3 Å². The molecular formula is C17H22Cl2N2O3. The van der Waals surface area contributed by atoms with Gasteiger partial charge < -0.3 is 14.5 Å². The second kappa shape index (κ2) is 8.70. The number of carbonyl (C=O) groups excluding carboxylic acids is 2. The van der Waals surface area contributed by atoms with E-state index in [2.05, 4.69) is 0 Å². The summed E-state index contributed by atoms with van der Waals surface area (Å²) < 4.78 is 5.01. The zero-order chi connectivity index (χ0) is 17.7. The molecule has 1 aliphatic heterocycles. The zero-order valence-corrected chi connectivity index (χ0v) is 15.4. The Morgan fingerprint density at radius 2 is 1.96 bits per heavy atom. The fourth-order valence-corrected chi connectivity index (χ4v) is 3.45. The summed E-state index contributed by atoms with van der Waals surface area (Å²) >= 11 is 12.0. The van der Waals surface area contributed by atoms with Gasteiger partial charge in [-0.15, -0.1) is 0 Å². The normalized spacial score (nSPS) is 17.2. The van der Waals surface area contributed by atoms with Gasteiger partial charge in [0.1, 0.15) is 6.04 Å². The maximum absolute atomic E-state index is 12.8. The molecule has 5 nitrogen and oxygen atoms in total. The van der Waals surface area contributed by atoms with E-state index in [1.807, 2.05) is 0 Å². The summed E-state index contributed by atoms with van der Waals surface area (Å²) in [5, 5.41) is 0.814. The number of hydrogen-bond acceptors (Lipinski definition) is 3. The topological polar surface area (TPSA) is 49.9 Å². The minimum Gasteiger partial charge on any atom is -0.385 e. The Balaban J connectivity index is 2.09. The number of amides is 2. The summed E-state index contributed by atoms with van der Waals surface area (Å²) in [7, 11) is 3.39. The Kier molecular flexibility index (Phi) is 6.90. The van der Waals surface area contributed by atoms with Gasteiger partial charge in [0.2, 0.25) is 5.91 Å². The van der Waals surface area contributed by atoms with Crippen LogP contribution in [0.4, 0.5) is 0 Å². The predicted octanol–water partition coefficient (Wildman–Crippen LogP) is 3.09. The number of hydrogen-bond donors (Lipinski definition) is 0. The average molecular weight is 373 g/mol. The Labute approximate surface area is 152 Å². The molecule has 1 fully saturated rings. The highest BCUT2D eigenvalue weighted by atomic mass is 35.5. The minimum absolute atomic E-state index is 0.0370. The number of halogens is 2. The second-order valence-corrected chi connectivity index (χ2v) is 6.79. The van der Waals surface area contributed by atoms with Crippen LogP contribution >= 0.6 is 23.2 Å². The molecule has 1 saturated heterocycles. The van der Waals surface area contributed by atoms with Crippen LogP contribution in [0.3, 0.4) is 0 Å². The van der Waals surface area contributed by atoms with E-state index in [-0.39, 0.29) is 11.8 Å². The molecule has 1 aliphatic rings. The van der Waals surface area contributed by atoms with Crippen molar-refractivity contribution in [2.45, 2.75) is 25.3 Å². The number of rotatable bonds is 6. The number of carbonyl (C=O) groups is 2. The highest BCUT2D eigenvalue weighted by Gasteiger charge is 2.36. The maximum atomic E-state index is 12.8. The number of nitrogens with zero attached hydrogens (tertiary/aromatic N) is 2. The Hall–Kier alpha value is -1.30. The van der Waals surface area contributed by atoms with E-state index in [9.17, 15) is 9.59 Å². The first-order chi connectivity index (χ1) is 11.4. The quantitative estimate of drug-likeness (QED) is 0.720. The summed E-state index contributed by atoms with van der Waals surface area (Å²) in [5.74, 6) is -0.245. The van der Waals surface area contributed by atoms with Gasteiger partial charge in [-0.2, -0.15) is 0 Å². The molecule has 2 rings (SSSR count). The zero-order valence-electron chi connectivity index (χ0n) is 13.9. The lowest BCUT2D eigenvalue weighted by molar-refractivity contribution is -0.134. The monoisotopic (exact) mass is 372 g/mol. The highest BCUT2D eigenvalue weighted by Crippen LogP contribution is 2.25. The van der Waals surface area contributed by atoms with E-state index in [4.69, 9.17) is 27.9 Å². The van der Waals surface area contributed by atoms with Gasteiger partial charge in [-0.05, 0) is 37.5 Å². The molecule has 0 radical (unpaired) electrons. The predicted molar refractivity (Wildman–Crippen MR) is 94.7 cm³/mol. The summed E-state index contributed by atoms with van der Waals surface area (Å²) in [6, 6.07) is 4.31. The average Bonchev–Trinajstić information content (AvgIpc) is 3.02. The molecule has 24 heavy (non-hydrogen) atoms. The largest absolute Gasteiger partial charge is 0.385 e. The van der Waals surface area contributed by atoms with Crippen molar-refractivity contribution in [2.24, 2.45) is 0 Å². The van der Waals surface area contributed by atoms with Gasteiger partial charge in [0.15, 0.2) is 0 Å². The standard InChI is InChI=1S/C17H22Cl2N2O3/c1-20(6-4-8-24-2)17(23)15-5-3-7-21(15)16(22)12-9-13(18)11-14(19)10-12/h9-11,15H,3-8H2,1-2H3. The van der Waals surface area contributed by atoms with Gasteiger partial charge in [0.25, 0.3) is 5.91 Å². The van der Waals surface area contributed by atoms with Crippen LogP contribution < -0.4 is 0 Å². The van der Waals surface area contributed by atoms with Crippen molar-refractivity contribution in [3.05, 3.63) is 33.8 Å². The minimum atomic E-state index is -0.428. The van der Waals surface area contributed by atoms with Crippen molar-refractivity contribution in [3.8, 4) is 0 Å². The third-order valence-corrected chi connectivity index (χ3v) is 4.56. The summed E-state index contributed by atoms with van der Waals surface area (Å²) in [4.78, 5) is 28.7. The van der Waals surface area contributed by atoms with Crippen LogP contribution in [-0.2, 0) is 9.53 Å². The molecule has 0 aliphatic carbocycles. The molecule has 0 aromatic heterocycles. The molecule has 7 heteroatoms. The van der Waals surface area contributed by atoms with E-state index in [1.165, 1.54) is 0 Å². The summed E-state index contributed by atoms with van der Waals surface area (Å²) in [5.41, 5.74) is 0.411. The number of benzene rings is 1. The van der Waals surface area contributed by atoms with Crippen LogP contribution in [0.5, 0.6) is 0 Å². The number of ether oxygens (including phenoxy) is 1. The number of methoxy groups -OCH3 is 1. The van der Waals surface area contributed by atoms with E-state index < -0.39 is 6.04 Å². The van der Waals surface area contributed by atoms with Gasteiger partial charge in [-0.1, -0.05) is 23.2 Å². The smallest absolute Gasteiger partial charge is 0.254 e. The first-order valence-electron chi connectivity index (χ1n) is 7.95. The van der Waals surface area contributed by atoms with Crippen LogP contribution in [0.15, 0.2) is 18.2 Å². The molecule has 1 unspecified atom stereocenters. The maximum Gasteiger partial charge on any atom is 0.254 e. The number of likely N-dealkylation sites (tertiary alicyclic amines) is 1. The Morgan fingerprint density at radius 1 is 1.29 bits per heavy atom. The van der Waals surface area contributed by atoms with Crippen LogP contribution in [-0.4, -0.2) is 61.5 Å². The van der Waals surface area contributed by atoms with Gasteiger partial charge in [0, 0.05) is 49.5 Å².